The minimum Gasteiger partial charge on any atom is -0.380 e. The van der Waals surface area contributed by atoms with Crippen LogP contribution in [0.3, 0.4) is 0 Å². The molecule has 0 amide bonds. The van der Waals surface area contributed by atoms with Gasteiger partial charge in [-0.1, -0.05) is 20.3 Å². The molecular formula is C8H19NO. The Kier molecular flexibility index (Phi) is 5.64. The lowest BCUT2D eigenvalue weighted by molar-refractivity contribution is 0.0586. The van der Waals surface area contributed by atoms with Crippen molar-refractivity contribution in [3.8, 4) is 0 Å². The molecule has 0 aliphatic heterocycles. The van der Waals surface area contributed by atoms with Crippen LogP contribution >= 0.6 is 0 Å². The van der Waals surface area contributed by atoms with Gasteiger partial charge in [-0.05, 0) is 13.0 Å². The first-order valence-corrected chi connectivity index (χ1v) is 3.93. The van der Waals surface area contributed by atoms with Crippen LogP contribution < -0.4 is 5.32 Å². The number of nitrogens with one attached hydrogen (secondary N) is 1. The molecule has 2 atom stereocenters. The quantitative estimate of drug-likeness (QED) is 0.629. The normalized spacial score (nSPS) is 16.8. The van der Waals surface area contributed by atoms with Gasteiger partial charge >= 0.3 is 0 Å². The molecule has 0 aliphatic carbocycles. The predicted molar refractivity (Wildman–Crippen MR) is 44.2 cm³/mol. The van der Waals surface area contributed by atoms with Gasteiger partial charge in [-0.2, -0.15) is 0 Å². The molecule has 2 nitrogen and oxygen atoms in total. The number of likely N-dealkylation sites (N-methyl/N-ethyl adjacent to an activating group) is 1. The third-order valence-corrected chi connectivity index (χ3v) is 1.99. The largest absolute Gasteiger partial charge is 0.380 e. The minimum absolute atomic E-state index is 0.370. The molecule has 0 heterocycles. The van der Waals surface area contributed by atoms with E-state index in [9.17, 15) is 0 Å². The molecule has 2 heteroatoms. The fraction of sp³-hybridized carbons (Fsp3) is 1.00. The van der Waals surface area contributed by atoms with Crippen molar-refractivity contribution in [1.29, 1.82) is 0 Å². The number of methoxy groups -OCH3 is 1. The van der Waals surface area contributed by atoms with Crippen molar-refractivity contribution in [3.63, 3.8) is 0 Å². The molecule has 1 N–H and O–H groups in total. The molecule has 0 saturated heterocycles. The van der Waals surface area contributed by atoms with Gasteiger partial charge in [-0.3, -0.25) is 0 Å². The van der Waals surface area contributed by atoms with Gasteiger partial charge in [0.15, 0.2) is 0 Å². The van der Waals surface area contributed by atoms with E-state index >= 15 is 0 Å². The van der Waals surface area contributed by atoms with Crippen LogP contribution in [0.5, 0.6) is 0 Å². The second-order valence-electron chi connectivity index (χ2n) is 2.72. The van der Waals surface area contributed by atoms with E-state index in [2.05, 4.69) is 19.2 Å². The van der Waals surface area contributed by atoms with Gasteiger partial charge in [0, 0.05) is 13.7 Å². The number of rotatable bonds is 5. The molecule has 0 aromatic carbocycles. The number of hydrogen-bond acceptors (Lipinski definition) is 2. The van der Waals surface area contributed by atoms with Gasteiger partial charge in [-0.15, -0.1) is 0 Å². The molecule has 0 spiro atoms. The van der Waals surface area contributed by atoms with Crippen molar-refractivity contribution in [2.45, 2.75) is 26.4 Å². The summed E-state index contributed by atoms with van der Waals surface area (Å²) >= 11 is 0. The molecule has 0 aromatic heterocycles. The van der Waals surface area contributed by atoms with E-state index in [-0.39, 0.29) is 0 Å². The van der Waals surface area contributed by atoms with Crippen molar-refractivity contribution in [2.24, 2.45) is 5.92 Å². The molecule has 0 fully saturated rings. The van der Waals surface area contributed by atoms with E-state index in [1.807, 2.05) is 7.05 Å². The van der Waals surface area contributed by atoms with Gasteiger partial charge in [0.2, 0.25) is 0 Å². The van der Waals surface area contributed by atoms with Crippen molar-refractivity contribution in [1.82, 2.24) is 5.32 Å². The molecule has 0 rings (SSSR count). The smallest absolute Gasteiger partial charge is 0.0720 e. The maximum Gasteiger partial charge on any atom is 0.0720 e. The maximum absolute atomic E-state index is 5.28. The van der Waals surface area contributed by atoms with Crippen LogP contribution in [0.25, 0.3) is 0 Å². The van der Waals surface area contributed by atoms with Crippen LogP contribution in [0.1, 0.15) is 20.3 Å². The monoisotopic (exact) mass is 145 g/mol. The molecule has 0 bridgehead atoms. The highest BCUT2D eigenvalue weighted by Crippen LogP contribution is 2.08. The average Bonchev–Trinajstić information content (AvgIpc) is 1.99. The van der Waals surface area contributed by atoms with Crippen LogP contribution in [0, 0.1) is 5.92 Å². The lowest BCUT2D eigenvalue weighted by Gasteiger charge is -2.20. The van der Waals surface area contributed by atoms with Gasteiger partial charge in [0.25, 0.3) is 0 Å². The molecule has 0 saturated carbocycles. The van der Waals surface area contributed by atoms with Crippen LogP contribution in [0.15, 0.2) is 0 Å². The highest BCUT2D eigenvalue weighted by molar-refractivity contribution is 4.65. The maximum atomic E-state index is 5.28. The first-order valence-electron chi connectivity index (χ1n) is 3.93. The Morgan fingerprint density at radius 3 is 2.40 bits per heavy atom. The minimum atomic E-state index is 0.370. The summed E-state index contributed by atoms with van der Waals surface area (Å²) in [5.74, 6) is 0.650. The summed E-state index contributed by atoms with van der Waals surface area (Å²) < 4.78 is 5.28. The Balaban J connectivity index is 3.56. The predicted octanol–water partition coefficient (Wildman–Crippen LogP) is 1.27. The van der Waals surface area contributed by atoms with Crippen molar-refractivity contribution >= 4 is 0 Å². The van der Waals surface area contributed by atoms with Crippen LogP contribution in [0.2, 0.25) is 0 Å². The highest BCUT2D eigenvalue weighted by atomic mass is 16.5. The summed E-state index contributed by atoms with van der Waals surface area (Å²) in [6, 6.07) is 0. The van der Waals surface area contributed by atoms with Gasteiger partial charge in [0.1, 0.15) is 0 Å². The Morgan fingerprint density at radius 1 is 1.50 bits per heavy atom. The standard InChI is InChI=1S/C8H19NO/c1-5-7(2)8(10-4)6-9-3/h7-9H,5-6H2,1-4H3. The molecule has 0 aliphatic rings. The molecule has 62 valence electrons. The average molecular weight is 145 g/mol. The second kappa shape index (κ2) is 5.69. The van der Waals surface area contributed by atoms with Gasteiger partial charge < -0.3 is 10.1 Å². The van der Waals surface area contributed by atoms with Crippen molar-refractivity contribution in [2.75, 3.05) is 20.7 Å². The summed E-state index contributed by atoms with van der Waals surface area (Å²) in [7, 11) is 3.72. The Hall–Kier alpha value is -0.0800. The van der Waals surface area contributed by atoms with Crippen molar-refractivity contribution in [3.05, 3.63) is 0 Å². The first-order chi connectivity index (χ1) is 4.76. The summed E-state index contributed by atoms with van der Waals surface area (Å²) in [4.78, 5) is 0. The topological polar surface area (TPSA) is 21.3 Å². The zero-order valence-electron chi connectivity index (χ0n) is 7.48. The van der Waals surface area contributed by atoms with E-state index in [1.54, 1.807) is 7.11 Å². The summed E-state index contributed by atoms with van der Waals surface area (Å²) in [5.41, 5.74) is 0. The number of ether oxygens (including phenoxy) is 1. The first kappa shape index (κ1) is 9.92. The van der Waals surface area contributed by atoms with Crippen molar-refractivity contribution < 1.29 is 4.74 Å². The Bertz CT molecular complexity index is 75.7. The van der Waals surface area contributed by atoms with Crippen LogP contribution in [-0.2, 0) is 4.74 Å². The zero-order chi connectivity index (χ0) is 7.98. The van der Waals surface area contributed by atoms with Crippen LogP contribution in [0.4, 0.5) is 0 Å². The fourth-order valence-electron chi connectivity index (χ4n) is 0.981. The second-order valence-corrected chi connectivity index (χ2v) is 2.72. The molecule has 10 heavy (non-hydrogen) atoms. The van der Waals surface area contributed by atoms with E-state index in [0.29, 0.717) is 12.0 Å². The SMILES string of the molecule is CCC(C)C(CNC)OC. The third-order valence-electron chi connectivity index (χ3n) is 1.99. The summed E-state index contributed by atoms with van der Waals surface area (Å²) in [5, 5.41) is 3.11. The summed E-state index contributed by atoms with van der Waals surface area (Å²) in [6.45, 7) is 5.35. The fourth-order valence-corrected chi connectivity index (χ4v) is 0.981. The number of hydrogen-bond donors (Lipinski definition) is 1. The molecule has 0 aromatic rings. The molecular weight excluding hydrogens is 126 g/mol. The Morgan fingerprint density at radius 2 is 2.10 bits per heavy atom. The Labute approximate surface area is 64.0 Å². The molecule has 0 radical (unpaired) electrons. The van der Waals surface area contributed by atoms with Gasteiger partial charge in [-0.25, -0.2) is 0 Å². The van der Waals surface area contributed by atoms with Gasteiger partial charge in [0.05, 0.1) is 6.10 Å². The van der Waals surface area contributed by atoms with E-state index < -0.39 is 0 Å². The lowest BCUT2D eigenvalue weighted by atomic mass is 10.0. The van der Waals surface area contributed by atoms with E-state index in [1.165, 1.54) is 6.42 Å². The van der Waals surface area contributed by atoms with Crippen LogP contribution in [-0.4, -0.2) is 26.8 Å². The third kappa shape index (κ3) is 3.18. The van der Waals surface area contributed by atoms with E-state index in [4.69, 9.17) is 4.74 Å². The summed E-state index contributed by atoms with van der Waals surface area (Å²) in [6.07, 6.45) is 1.55. The highest BCUT2D eigenvalue weighted by Gasteiger charge is 2.12. The zero-order valence-corrected chi connectivity index (χ0v) is 7.48. The lowest BCUT2D eigenvalue weighted by Crippen LogP contribution is -2.31. The van der Waals surface area contributed by atoms with E-state index in [0.717, 1.165) is 6.54 Å². The molecule has 2 unspecified atom stereocenters.